The normalized spacial score (nSPS) is 13.6. The Hall–Kier alpha value is -5.15. The lowest BCUT2D eigenvalue weighted by Crippen LogP contribution is -2.49. The van der Waals surface area contributed by atoms with E-state index in [1.807, 2.05) is 52.9 Å². The lowest BCUT2D eigenvalue weighted by atomic mass is 9.96. The van der Waals surface area contributed by atoms with Crippen molar-refractivity contribution in [3.8, 4) is 0 Å². The van der Waals surface area contributed by atoms with Crippen LogP contribution < -0.4 is 5.32 Å². The molecule has 2 aromatic heterocycles. The molecule has 1 aliphatic heterocycles. The maximum absolute atomic E-state index is 14.2. The first kappa shape index (κ1) is 31.8. The van der Waals surface area contributed by atoms with Gasteiger partial charge in [-0.25, -0.2) is 9.18 Å². The fraction of sp³-hybridized carbons (Fsp3) is 0.263. The number of nitrogens with zero attached hydrogens (tertiary/aromatic N) is 4. The first-order valence-corrected chi connectivity index (χ1v) is 16.2. The van der Waals surface area contributed by atoms with E-state index in [2.05, 4.69) is 58.7 Å². The summed E-state index contributed by atoms with van der Waals surface area (Å²) < 4.78 is 22.2. The fourth-order valence-electron chi connectivity index (χ4n) is 6.19. The number of urea groups is 1. The molecule has 3 amide bonds. The summed E-state index contributed by atoms with van der Waals surface area (Å²) in [6, 6.07) is 34.4. The summed E-state index contributed by atoms with van der Waals surface area (Å²) in [5, 5.41) is 2.69. The zero-order valence-corrected chi connectivity index (χ0v) is 26.6. The Labute approximate surface area is 275 Å². The number of carbonyl (C=O) groups is 2. The number of carbonyl (C=O) groups excluding carboxylic acids is 2. The number of para-hydroxylation sites is 1. The Morgan fingerprint density at radius 1 is 0.830 bits per heavy atom. The van der Waals surface area contributed by atoms with Gasteiger partial charge in [0.05, 0.1) is 24.8 Å². The van der Waals surface area contributed by atoms with Gasteiger partial charge in [-0.2, -0.15) is 0 Å². The molecule has 9 heteroatoms. The summed E-state index contributed by atoms with van der Waals surface area (Å²) in [5.74, 6) is 0.380. The molecule has 6 rings (SSSR count). The lowest BCUT2D eigenvalue weighted by molar-refractivity contribution is 0.0566. The molecule has 0 saturated carbocycles. The summed E-state index contributed by atoms with van der Waals surface area (Å²) in [7, 11) is 0. The summed E-state index contributed by atoms with van der Waals surface area (Å²) >= 11 is 0. The number of hydrogen-bond acceptors (Lipinski definition) is 4. The highest BCUT2D eigenvalue weighted by Crippen LogP contribution is 2.30. The van der Waals surface area contributed by atoms with Gasteiger partial charge < -0.3 is 24.1 Å². The van der Waals surface area contributed by atoms with Crippen molar-refractivity contribution in [1.29, 1.82) is 0 Å². The molecule has 0 aliphatic carbocycles. The van der Waals surface area contributed by atoms with E-state index < -0.39 is 5.82 Å². The molecular weight excluding hydrogens is 593 g/mol. The summed E-state index contributed by atoms with van der Waals surface area (Å²) in [6.45, 7) is 5.96. The maximum Gasteiger partial charge on any atom is 0.322 e. The van der Waals surface area contributed by atoms with Crippen LogP contribution in [0.5, 0.6) is 0 Å². The summed E-state index contributed by atoms with van der Waals surface area (Å²) in [5.41, 5.74) is 3.52. The van der Waals surface area contributed by atoms with Gasteiger partial charge in [-0.1, -0.05) is 79.7 Å². The Bertz CT molecular complexity index is 1720. The fourth-order valence-corrected chi connectivity index (χ4v) is 6.19. The van der Waals surface area contributed by atoms with E-state index in [-0.39, 0.29) is 23.7 Å². The number of rotatable bonds is 11. The maximum atomic E-state index is 14.2. The van der Waals surface area contributed by atoms with E-state index in [0.717, 1.165) is 25.2 Å². The second-order valence-electron chi connectivity index (χ2n) is 11.8. The van der Waals surface area contributed by atoms with Gasteiger partial charge in [0.1, 0.15) is 11.6 Å². The van der Waals surface area contributed by atoms with Crippen LogP contribution in [0.2, 0.25) is 0 Å². The van der Waals surface area contributed by atoms with Crippen LogP contribution >= 0.6 is 0 Å². The van der Waals surface area contributed by atoms with Crippen LogP contribution in [0.1, 0.15) is 52.5 Å². The molecule has 1 saturated heterocycles. The second-order valence-corrected chi connectivity index (χ2v) is 11.8. The topological polar surface area (TPSA) is 74.0 Å². The minimum absolute atomic E-state index is 0.112. The standard InChI is InChI=1S/C38H40FN5O3/c1-2-21-44(38(46)40-34-18-10-9-17-33(34)39)27-31-16-11-22-43(31)28-32-19-20-35(47-32)37(45)42-25-23-41(24-26-42)36(29-12-5-3-6-13-29)30-14-7-4-8-15-30/h3-20,22,36H,2,21,23-28H2,1H3,(H,40,46). The Morgan fingerprint density at radius 2 is 1.49 bits per heavy atom. The molecular formula is C38H40FN5O3. The minimum Gasteiger partial charge on any atom is -0.454 e. The van der Waals surface area contributed by atoms with Crippen molar-refractivity contribution >= 4 is 17.6 Å². The van der Waals surface area contributed by atoms with Gasteiger partial charge in [0.25, 0.3) is 5.91 Å². The number of benzene rings is 3. The number of amides is 3. The van der Waals surface area contributed by atoms with Gasteiger partial charge in [0.15, 0.2) is 5.76 Å². The summed E-state index contributed by atoms with van der Waals surface area (Å²) in [6.07, 6.45) is 2.68. The summed E-state index contributed by atoms with van der Waals surface area (Å²) in [4.78, 5) is 32.5. The molecule has 1 N–H and O–H groups in total. The van der Waals surface area contributed by atoms with Crippen LogP contribution in [0.25, 0.3) is 0 Å². The lowest BCUT2D eigenvalue weighted by Gasteiger charge is -2.39. The zero-order valence-electron chi connectivity index (χ0n) is 26.6. The van der Waals surface area contributed by atoms with Crippen molar-refractivity contribution in [2.24, 2.45) is 0 Å². The SMILES string of the molecule is CCCN(Cc1cccn1Cc1ccc(C(=O)N2CCN(C(c3ccccc3)c3ccccc3)CC2)o1)C(=O)Nc1ccccc1F. The molecule has 5 aromatic rings. The van der Waals surface area contributed by atoms with Crippen molar-refractivity contribution in [3.05, 3.63) is 150 Å². The molecule has 0 unspecified atom stereocenters. The largest absolute Gasteiger partial charge is 0.454 e. The Morgan fingerprint density at radius 3 is 2.15 bits per heavy atom. The third-order valence-electron chi connectivity index (χ3n) is 8.57. The number of aromatic nitrogens is 1. The van der Waals surface area contributed by atoms with Gasteiger partial charge in [-0.15, -0.1) is 0 Å². The molecule has 0 bridgehead atoms. The number of nitrogens with one attached hydrogen (secondary N) is 1. The van der Waals surface area contributed by atoms with Crippen LogP contribution in [0.4, 0.5) is 14.9 Å². The number of anilines is 1. The van der Waals surface area contributed by atoms with Crippen molar-refractivity contribution in [2.45, 2.75) is 32.5 Å². The van der Waals surface area contributed by atoms with Crippen molar-refractivity contribution in [3.63, 3.8) is 0 Å². The first-order chi connectivity index (χ1) is 23.0. The van der Waals surface area contributed by atoms with Crippen LogP contribution in [0.15, 0.2) is 120 Å². The molecule has 3 aromatic carbocycles. The molecule has 0 radical (unpaired) electrons. The van der Waals surface area contributed by atoms with E-state index in [9.17, 15) is 14.0 Å². The molecule has 1 fully saturated rings. The van der Waals surface area contributed by atoms with Crippen LogP contribution in [-0.4, -0.2) is 63.9 Å². The average Bonchev–Trinajstić information content (AvgIpc) is 3.76. The van der Waals surface area contributed by atoms with Crippen molar-refractivity contribution in [1.82, 2.24) is 19.3 Å². The number of furan rings is 1. The van der Waals surface area contributed by atoms with E-state index in [1.165, 1.54) is 17.2 Å². The third-order valence-corrected chi connectivity index (χ3v) is 8.57. The van der Waals surface area contributed by atoms with Crippen molar-refractivity contribution < 1.29 is 18.4 Å². The highest BCUT2D eigenvalue weighted by molar-refractivity contribution is 5.91. The molecule has 3 heterocycles. The number of piperazine rings is 1. The highest BCUT2D eigenvalue weighted by atomic mass is 19.1. The highest BCUT2D eigenvalue weighted by Gasteiger charge is 2.29. The molecule has 0 spiro atoms. The van der Waals surface area contributed by atoms with Crippen LogP contribution in [0, 0.1) is 5.82 Å². The number of halogens is 1. The van der Waals surface area contributed by atoms with Gasteiger partial charge in [0, 0.05) is 44.6 Å². The average molecular weight is 634 g/mol. The smallest absolute Gasteiger partial charge is 0.322 e. The van der Waals surface area contributed by atoms with E-state index in [4.69, 9.17) is 4.42 Å². The molecule has 8 nitrogen and oxygen atoms in total. The molecule has 1 aliphatic rings. The van der Waals surface area contributed by atoms with Gasteiger partial charge >= 0.3 is 6.03 Å². The first-order valence-electron chi connectivity index (χ1n) is 16.2. The second kappa shape index (κ2) is 15.0. The predicted molar refractivity (Wildman–Crippen MR) is 181 cm³/mol. The monoisotopic (exact) mass is 633 g/mol. The number of hydrogen-bond donors (Lipinski definition) is 1. The van der Waals surface area contributed by atoms with Crippen LogP contribution in [0.3, 0.4) is 0 Å². The molecule has 0 atom stereocenters. The zero-order chi connectivity index (χ0) is 32.6. The molecule has 47 heavy (non-hydrogen) atoms. The van der Waals surface area contributed by atoms with E-state index >= 15 is 0 Å². The van der Waals surface area contributed by atoms with E-state index in [1.54, 1.807) is 29.2 Å². The third kappa shape index (κ3) is 7.64. The van der Waals surface area contributed by atoms with Crippen LogP contribution in [-0.2, 0) is 13.1 Å². The van der Waals surface area contributed by atoms with Gasteiger partial charge in [-0.3, -0.25) is 9.69 Å². The Balaban J connectivity index is 1.08. The molecule has 242 valence electrons. The Kier molecular flexibility index (Phi) is 10.1. The van der Waals surface area contributed by atoms with E-state index in [0.29, 0.717) is 44.2 Å². The van der Waals surface area contributed by atoms with Gasteiger partial charge in [-0.05, 0) is 53.9 Å². The van der Waals surface area contributed by atoms with Gasteiger partial charge in [0.2, 0.25) is 0 Å². The van der Waals surface area contributed by atoms with Crippen molar-refractivity contribution in [2.75, 3.05) is 38.0 Å². The quantitative estimate of drug-likeness (QED) is 0.166. The minimum atomic E-state index is -0.478. The predicted octanol–water partition coefficient (Wildman–Crippen LogP) is 7.26.